The van der Waals surface area contributed by atoms with E-state index in [0.717, 1.165) is 50.1 Å². The number of nitrogens with zero attached hydrogens (tertiary/aromatic N) is 1. The van der Waals surface area contributed by atoms with Crippen LogP contribution in [0.25, 0.3) is 77.2 Å². The fraction of sp³-hybridized carbons (Fsp3) is 0. The molecule has 1 heterocycles. The molecule has 0 saturated carbocycles. The van der Waals surface area contributed by atoms with E-state index in [9.17, 15) is 0 Å². The van der Waals surface area contributed by atoms with Gasteiger partial charge in [-0.1, -0.05) is 146 Å². The number of hydrogen-bond acceptors (Lipinski definition) is 2. The molecule has 1 aromatic heterocycles. The summed E-state index contributed by atoms with van der Waals surface area (Å²) in [5, 5.41) is 4.75. The van der Waals surface area contributed by atoms with Crippen LogP contribution >= 0.6 is 0 Å². The van der Waals surface area contributed by atoms with Gasteiger partial charge >= 0.3 is 0 Å². The highest BCUT2D eigenvalue weighted by molar-refractivity contribution is 6.06. The van der Waals surface area contributed by atoms with Crippen LogP contribution in [0.1, 0.15) is 0 Å². The Morgan fingerprint density at radius 2 is 0.759 bits per heavy atom. The van der Waals surface area contributed by atoms with E-state index < -0.39 is 0 Å². The lowest BCUT2D eigenvalue weighted by Gasteiger charge is -2.26. The lowest BCUT2D eigenvalue weighted by Crippen LogP contribution is -2.10. The van der Waals surface area contributed by atoms with E-state index in [1.165, 1.54) is 44.2 Å². The van der Waals surface area contributed by atoms with Crippen LogP contribution in [0.2, 0.25) is 0 Å². The third kappa shape index (κ3) is 5.90. The minimum absolute atomic E-state index is 0.907. The van der Waals surface area contributed by atoms with E-state index >= 15 is 0 Å². The van der Waals surface area contributed by atoms with E-state index in [0.29, 0.717) is 0 Å². The van der Waals surface area contributed by atoms with Crippen molar-refractivity contribution in [2.75, 3.05) is 4.90 Å². The molecule has 10 rings (SSSR count). The predicted molar refractivity (Wildman–Crippen MR) is 228 cm³/mol. The molecular formula is C52H35NO. The Morgan fingerprint density at radius 3 is 1.50 bits per heavy atom. The molecule has 10 aromatic rings. The first-order valence-electron chi connectivity index (χ1n) is 18.4. The van der Waals surface area contributed by atoms with E-state index in [-0.39, 0.29) is 0 Å². The molecule has 0 bridgehead atoms. The monoisotopic (exact) mass is 689 g/mol. The van der Waals surface area contributed by atoms with Gasteiger partial charge in [0.1, 0.15) is 11.2 Å². The summed E-state index contributed by atoms with van der Waals surface area (Å²) >= 11 is 0. The van der Waals surface area contributed by atoms with Gasteiger partial charge in [0.25, 0.3) is 0 Å². The summed E-state index contributed by atoms with van der Waals surface area (Å²) in [5.74, 6) is 0. The van der Waals surface area contributed by atoms with Crippen LogP contribution in [0.15, 0.2) is 217 Å². The van der Waals surface area contributed by atoms with Gasteiger partial charge in [-0.05, 0) is 122 Å². The van der Waals surface area contributed by atoms with Crippen molar-refractivity contribution in [1.82, 2.24) is 0 Å². The molecular weight excluding hydrogens is 655 g/mol. The summed E-state index contributed by atoms with van der Waals surface area (Å²) in [6.45, 7) is 0. The fourth-order valence-corrected chi connectivity index (χ4v) is 7.66. The largest absolute Gasteiger partial charge is 0.456 e. The molecule has 0 aliphatic rings. The molecule has 2 heteroatoms. The van der Waals surface area contributed by atoms with Gasteiger partial charge in [0.15, 0.2) is 0 Å². The van der Waals surface area contributed by atoms with Crippen molar-refractivity contribution in [3.05, 3.63) is 212 Å². The first-order chi connectivity index (χ1) is 26.7. The Labute approximate surface area is 314 Å². The molecule has 0 atom stereocenters. The Kier molecular flexibility index (Phi) is 7.85. The van der Waals surface area contributed by atoms with Crippen molar-refractivity contribution in [1.29, 1.82) is 0 Å². The SMILES string of the molecule is c1ccc(-c2cccc(-c3ccc(N(c4ccc(-c5ccc6oc7ccccc7c6c5)cc4)c4cccc(-c5ccc6ccccc6c5)c4)cc3)c2)cc1. The van der Waals surface area contributed by atoms with Crippen LogP contribution in [0.3, 0.4) is 0 Å². The van der Waals surface area contributed by atoms with Gasteiger partial charge in [-0.15, -0.1) is 0 Å². The summed E-state index contributed by atoms with van der Waals surface area (Å²) < 4.78 is 6.11. The molecule has 0 amide bonds. The Morgan fingerprint density at radius 1 is 0.259 bits per heavy atom. The average molecular weight is 690 g/mol. The highest BCUT2D eigenvalue weighted by atomic mass is 16.3. The zero-order valence-electron chi connectivity index (χ0n) is 29.6. The molecule has 0 aliphatic carbocycles. The van der Waals surface area contributed by atoms with E-state index in [4.69, 9.17) is 4.42 Å². The number of furan rings is 1. The van der Waals surface area contributed by atoms with Gasteiger partial charge in [0, 0.05) is 27.8 Å². The number of benzene rings is 9. The molecule has 0 saturated heterocycles. The van der Waals surface area contributed by atoms with Crippen LogP contribution in [0, 0.1) is 0 Å². The Bertz CT molecular complexity index is 2920. The molecule has 0 N–H and O–H groups in total. The van der Waals surface area contributed by atoms with Gasteiger partial charge in [-0.2, -0.15) is 0 Å². The molecule has 254 valence electrons. The van der Waals surface area contributed by atoms with Crippen molar-refractivity contribution in [3.63, 3.8) is 0 Å². The van der Waals surface area contributed by atoms with Gasteiger partial charge in [-0.3, -0.25) is 0 Å². The summed E-state index contributed by atoms with van der Waals surface area (Å²) in [6.07, 6.45) is 0. The van der Waals surface area contributed by atoms with Crippen molar-refractivity contribution in [3.8, 4) is 44.5 Å². The minimum Gasteiger partial charge on any atom is -0.456 e. The molecule has 2 nitrogen and oxygen atoms in total. The van der Waals surface area contributed by atoms with Gasteiger partial charge in [0.2, 0.25) is 0 Å². The second-order valence-corrected chi connectivity index (χ2v) is 13.8. The molecule has 0 unspecified atom stereocenters. The fourth-order valence-electron chi connectivity index (χ4n) is 7.66. The number of anilines is 3. The van der Waals surface area contributed by atoms with E-state index in [1.54, 1.807) is 0 Å². The molecule has 54 heavy (non-hydrogen) atoms. The maximum absolute atomic E-state index is 6.11. The first kappa shape index (κ1) is 31.6. The predicted octanol–water partition coefficient (Wildman–Crippen LogP) is 14.9. The summed E-state index contributed by atoms with van der Waals surface area (Å²) in [4.78, 5) is 2.35. The van der Waals surface area contributed by atoms with Crippen LogP contribution in [0.4, 0.5) is 17.1 Å². The highest BCUT2D eigenvalue weighted by Gasteiger charge is 2.15. The topological polar surface area (TPSA) is 16.4 Å². The van der Waals surface area contributed by atoms with Crippen molar-refractivity contribution < 1.29 is 4.42 Å². The second kappa shape index (κ2) is 13.4. The highest BCUT2D eigenvalue weighted by Crippen LogP contribution is 2.40. The normalized spacial score (nSPS) is 11.3. The molecule has 9 aromatic carbocycles. The molecule has 0 spiro atoms. The second-order valence-electron chi connectivity index (χ2n) is 13.8. The number of para-hydroxylation sites is 1. The quantitative estimate of drug-likeness (QED) is 0.166. The molecule has 0 aliphatic heterocycles. The van der Waals surface area contributed by atoms with Crippen molar-refractivity contribution in [2.45, 2.75) is 0 Å². The minimum atomic E-state index is 0.907. The van der Waals surface area contributed by atoms with Crippen LogP contribution in [-0.4, -0.2) is 0 Å². The number of fused-ring (bicyclic) bond motifs is 4. The number of hydrogen-bond donors (Lipinski definition) is 0. The van der Waals surface area contributed by atoms with Crippen LogP contribution in [0.5, 0.6) is 0 Å². The summed E-state index contributed by atoms with van der Waals surface area (Å²) in [5.41, 5.74) is 14.6. The van der Waals surface area contributed by atoms with Gasteiger partial charge in [-0.25, -0.2) is 0 Å². The van der Waals surface area contributed by atoms with Crippen LogP contribution in [-0.2, 0) is 0 Å². The van der Waals surface area contributed by atoms with Crippen molar-refractivity contribution >= 4 is 49.8 Å². The smallest absolute Gasteiger partial charge is 0.135 e. The lowest BCUT2D eigenvalue weighted by atomic mass is 9.98. The summed E-state index contributed by atoms with van der Waals surface area (Å²) in [6, 6.07) is 76.0. The molecule has 0 radical (unpaired) electrons. The van der Waals surface area contributed by atoms with Gasteiger partial charge < -0.3 is 9.32 Å². The van der Waals surface area contributed by atoms with E-state index in [2.05, 4.69) is 205 Å². The maximum Gasteiger partial charge on any atom is 0.135 e. The van der Waals surface area contributed by atoms with Gasteiger partial charge in [0.05, 0.1) is 0 Å². The van der Waals surface area contributed by atoms with E-state index in [1.807, 2.05) is 12.1 Å². The zero-order chi connectivity index (χ0) is 35.8. The zero-order valence-corrected chi connectivity index (χ0v) is 29.6. The van der Waals surface area contributed by atoms with Crippen LogP contribution < -0.4 is 4.90 Å². The first-order valence-corrected chi connectivity index (χ1v) is 18.4. The average Bonchev–Trinajstić information content (AvgIpc) is 3.63. The maximum atomic E-state index is 6.11. The Hall–Kier alpha value is -7.16. The van der Waals surface area contributed by atoms with Crippen molar-refractivity contribution in [2.24, 2.45) is 0 Å². The summed E-state index contributed by atoms with van der Waals surface area (Å²) in [7, 11) is 0. The lowest BCUT2D eigenvalue weighted by molar-refractivity contribution is 0.669. The third-order valence-corrected chi connectivity index (χ3v) is 10.5. The molecule has 0 fully saturated rings. The Balaban J connectivity index is 1.04. The standard InChI is InChI=1S/C52H35NO/c1-2-10-36(11-3-1)41-14-8-15-42(32-41)38-22-27-46(28-23-38)53(48-17-9-16-43(34-48)44-21-20-37-12-4-5-13-40(37)33-44)47-29-24-39(25-30-47)45-26-31-52-50(35-45)49-18-6-7-19-51(49)54-52/h1-35H. The number of rotatable bonds is 7. The third-order valence-electron chi connectivity index (χ3n) is 10.5.